The van der Waals surface area contributed by atoms with E-state index in [1.165, 1.54) is 27.8 Å². The molecular weight excluding hydrogens is 1370 g/mol. The van der Waals surface area contributed by atoms with Crippen LogP contribution in [0.1, 0.15) is 27.8 Å². The van der Waals surface area contributed by atoms with Gasteiger partial charge < -0.3 is 42.2 Å². The fraction of sp³-hybridized carbons (Fsp3) is 0.0485. The molecule has 0 saturated carbocycles. The summed E-state index contributed by atoms with van der Waals surface area (Å²) in [5, 5.41) is 4.17. The third-order valence-corrected chi connectivity index (χ3v) is 21.9. The first-order chi connectivity index (χ1) is 55.0. The topological polar surface area (TPSA) is 68.8 Å². The van der Waals surface area contributed by atoms with Crippen molar-refractivity contribution in [3.05, 3.63) is 405 Å². The Morgan fingerprint density at radius 3 is 0.527 bits per heavy atom. The first kappa shape index (κ1) is 68.0. The second kappa shape index (κ2) is 28.9. The molecule has 9 heteroatoms. The van der Waals surface area contributed by atoms with Crippen LogP contribution < -0.4 is 24.5 Å². The van der Waals surface area contributed by atoms with Gasteiger partial charge in [0.25, 0.3) is 0 Å². The van der Waals surface area contributed by atoms with Gasteiger partial charge >= 0.3 is 0 Å². The Hall–Kier alpha value is -14.5. The standard InChI is InChI=1S/C103H77N5O4/c1-68-6-26-85(27-7-68)104(96-46-50-100-81(64-96)54-58-109-100)86-30-10-73(11-31-86)74-12-32-87(33-13-74)105(97-47-51-101-82(65-97)55-59-110-101)88-34-14-75(15-35-88)76-16-36-89(37-17-76)106(98-48-52-102-83(66-98)56-60-111-102)90-38-18-77(19-39-90)78-20-40-91(41-21-78)107(99-49-53-103-84(67-99)57-61-112-103)92-42-22-79(23-43-92)80-24-44-93(45-25-80)108(94-28-8-69(2)71(4)62-94)95-29-9-70(3)72(5)63-95/h6-67H,1-5H3. The molecule has 0 spiro atoms. The summed E-state index contributed by atoms with van der Waals surface area (Å²) < 4.78 is 23.2. The van der Waals surface area contributed by atoms with Crippen molar-refractivity contribution in [1.29, 1.82) is 0 Å². The third-order valence-electron chi connectivity index (χ3n) is 21.9. The number of nitrogens with zero attached hydrogens (tertiary/aromatic N) is 5. The van der Waals surface area contributed by atoms with Gasteiger partial charge in [-0.15, -0.1) is 0 Å². The molecule has 0 aliphatic carbocycles. The predicted molar refractivity (Wildman–Crippen MR) is 464 cm³/mol. The zero-order valence-electron chi connectivity index (χ0n) is 62.7. The van der Waals surface area contributed by atoms with E-state index in [-0.39, 0.29) is 0 Å². The summed E-state index contributed by atoms with van der Waals surface area (Å²) in [6.45, 7) is 10.8. The molecule has 15 aromatic carbocycles. The molecule has 19 aromatic rings. The Morgan fingerprint density at radius 2 is 0.321 bits per heavy atom. The lowest BCUT2D eigenvalue weighted by atomic mass is 10.0. The molecule has 0 bridgehead atoms. The molecule has 0 fully saturated rings. The Kier molecular flexibility index (Phi) is 17.5. The molecule has 0 unspecified atom stereocenters. The molecule has 112 heavy (non-hydrogen) atoms. The first-order valence-corrected chi connectivity index (χ1v) is 37.9. The van der Waals surface area contributed by atoms with Gasteiger partial charge in [-0.2, -0.15) is 0 Å². The van der Waals surface area contributed by atoms with Crippen molar-refractivity contribution in [1.82, 2.24) is 0 Å². The monoisotopic (exact) mass is 1450 g/mol. The molecular formula is C103H77N5O4. The van der Waals surface area contributed by atoms with Crippen LogP contribution in [-0.2, 0) is 0 Å². The van der Waals surface area contributed by atoms with Crippen molar-refractivity contribution < 1.29 is 17.7 Å². The number of fused-ring (bicyclic) bond motifs is 4. The van der Waals surface area contributed by atoms with Gasteiger partial charge in [0.2, 0.25) is 0 Å². The fourth-order valence-electron chi connectivity index (χ4n) is 15.5. The summed E-state index contributed by atoms with van der Waals surface area (Å²) in [5.74, 6) is 0. The minimum absolute atomic E-state index is 0.841. The van der Waals surface area contributed by atoms with E-state index in [4.69, 9.17) is 17.7 Å². The van der Waals surface area contributed by atoms with Crippen molar-refractivity contribution in [2.75, 3.05) is 24.5 Å². The van der Waals surface area contributed by atoms with Crippen LogP contribution >= 0.6 is 0 Å². The molecule has 4 heterocycles. The lowest BCUT2D eigenvalue weighted by molar-refractivity contribution is 0.615. The molecule has 538 valence electrons. The van der Waals surface area contributed by atoms with Crippen molar-refractivity contribution in [2.45, 2.75) is 34.6 Å². The van der Waals surface area contributed by atoms with E-state index < -0.39 is 0 Å². The number of hydrogen-bond acceptors (Lipinski definition) is 9. The van der Waals surface area contributed by atoms with Gasteiger partial charge in [0.1, 0.15) is 22.3 Å². The summed E-state index contributed by atoms with van der Waals surface area (Å²) >= 11 is 0. The summed E-state index contributed by atoms with van der Waals surface area (Å²) in [6, 6.07) is 127. The van der Waals surface area contributed by atoms with E-state index in [1.54, 1.807) is 25.1 Å². The summed E-state index contributed by atoms with van der Waals surface area (Å²) in [4.78, 5) is 11.6. The van der Waals surface area contributed by atoms with Crippen LogP contribution in [0.15, 0.2) is 395 Å². The van der Waals surface area contributed by atoms with Crippen molar-refractivity contribution in [2.24, 2.45) is 0 Å². The highest BCUT2D eigenvalue weighted by molar-refractivity contribution is 5.93. The number of benzene rings is 15. The minimum Gasteiger partial charge on any atom is -0.464 e. The average molecular weight is 1450 g/mol. The number of aryl methyl sites for hydroxylation is 5. The maximum atomic E-state index is 5.85. The highest BCUT2D eigenvalue weighted by Crippen LogP contribution is 2.46. The van der Waals surface area contributed by atoms with Crippen LogP contribution in [0.3, 0.4) is 0 Å². The van der Waals surface area contributed by atoms with E-state index in [9.17, 15) is 0 Å². The van der Waals surface area contributed by atoms with Gasteiger partial charge in [0, 0.05) is 107 Å². The third kappa shape index (κ3) is 13.3. The second-order valence-electron chi connectivity index (χ2n) is 29.0. The zero-order valence-corrected chi connectivity index (χ0v) is 62.7. The minimum atomic E-state index is 0.841. The van der Waals surface area contributed by atoms with Crippen molar-refractivity contribution in [3.8, 4) is 44.5 Å². The van der Waals surface area contributed by atoms with E-state index in [0.717, 1.165) is 174 Å². The molecule has 0 amide bonds. The number of furan rings is 4. The van der Waals surface area contributed by atoms with Gasteiger partial charge in [-0.3, -0.25) is 0 Å². The molecule has 4 aromatic heterocycles. The lowest BCUT2D eigenvalue weighted by Crippen LogP contribution is -2.10. The maximum absolute atomic E-state index is 5.85. The molecule has 0 aliphatic heterocycles. The second-order valence-corrected chi connectivity index (χ2v) is 29.0. The Balaban J connectivity index is 0.580. The van der Waals surface area contributed by atoms with Crippen LogP contribution in [-0.4, -0.2) is 0 Å². The van der Waals surface area contributed by atoms with E-state index in [0.29, 0.717) is 0 Å². The SMILES string of the molecule is Cc1ccc(N(c2ccc(-c3ccc(N(c4ccc(-c5ccc(N(c6ccc(-c7ccc(N(c8ccc(-c9ccc(N(c%10ccc(C)c(C)c%10)c%10ccc(C)c(C)c%10)cc9)cc8)c8ccc9occc9c8)cc7)cc6)c6ccc7occc7c6)cc5)cc4)c4ccc5occc5c4)cc3)cc2)c2ccc3occc3c2)cc1. The first-order valence-electron chi connectivity index (χ1n) is 37.9. The van der Waals surface area contributed by atoms with Gasteiger partial charge in [-0.05, 0) is 332 Å². The molecule has 19 rings (SSSR count). The predicted octanol–water partition coefficient (Wildman–Crippen LogP) is 30.2. The highest BCUT2D eigenvalue weighted by atomic mass is 16.3. The van der Waals surface area contributed by atoms with Crippen LogP contribution in [0.5, 0.6) is 0 Å². The van der Waals surface area contributed by atoms with Gasteiger partial charge in [-0.1, -0.05) is 127 Å². The number of rotatable bonds is 19. The van der Waals surface area contributed by atoms with Crippen LogP contribution in [0.25, 0.3) is 88.4 Å². The zero-order chi connectivity index (χ0) is 75.3. The normalized spacial score (nSPS) is 11.4. The maximum Gasteiger partial charge on any atom is 0.133 e. The molecule has 0 aliphatic rings. The lowest BCUT2D eigenvalue weighted by Gasteiger charge is -2.27. The van der Waals surface area contributed by atoms with E-state index in [2.05, 4.69) is 381 Å². The van der Waals surface area contributed by atoms with Gasteiger partial charge in [0.05, 0.1) is 25.1 Å². The molecule has 9 nitrogen and oxygen atoms in total. The summed E-state index contributed by atoms with van der Waals surface area (Å²) in [5.41, 5.74) is 34.5. The van der Waals surface area contributed by atoms with Crippen molar-refractivity contribution in [3.63, 3.8) is 0 Å². The summed E-state index contributed by atoms with van der Waals surface area (Å²) in [6.07, 6.45) is 7.00. The van der Waals surface area contributed by atoms with Crippen LogP contribution in [0.2, 0.25) is 0 Å². The van der Waals surface area contributed by atoms with E-state index in [1.807, 2.05) is 30.3 Å². The van der Waals surface area contributed by atoms with Crippen LogP contribution in [0, 0.1) is 34.6 Å². The Bertz CT molecular complexity index is 6540. The number of anilines is 15. The summed E-state index contributed by atoms with van der Waals surface area (Å²) in [7, 11) is 0. The average Bonchev–Trinajstić information content (AvgIpc) is 1.13. The van der Waals surface area contributed by atoms with Gasteiger partial charge in [-0.25, -0.2) is 0 Å². The fourth-order valence-corrected chi connectivity index (χ4v) is 15.5. The molecule has 0 N–H and O–H groups in total. The van der Waals surface area contributed by atoms with Crippen molar-refractivity contribution >= 4 is 129 Å². The largest absolute Gasteiger partial charge is 0.464 e. The highest BCUT2D eigenvalue weighted by Gasteiger charge is 2.22. The van der Waals surface area contributed by atoms with Crippen LogP contribution in [0.4, 0.5) is 85.3 Å². The Labute approximate surface area is 651 Å². The Morgan fingerprint density at radius 1 is 0.152 bits per heavy atom. The molecule has 0 atom stereocenters. The molecule has 0 saturated heterocycles. The smallest absolute Gasteiger partial charge is 0.133 e. The number of hydrogen-bond donors (Lipinski definition) is 0. The quantitative estimate of drug-likeness (QED) is 0.0787. The van der Waals surface area contributed by atoms with Gasteiger partial charge in [0.15, 0.2) is 0 Å². The van der Waals surface area contributed by atoms with E-state index >= 15 is 0 Å². The molecule has 0 radical (unpaired) electrons.